The van der Waals surface area contributed by atoms with Crippen LogP contribution in [0.5, 0.6) is 0 Å². The Balaban J connectivity index is 1.69. The van der Waals surface area contributed by atoms with E-state index in [4.69, 9.17) is 0 Å². The third-order valence-electron chi connectivity index (χ3n) is 5.57. The van der Waals surface area contributed by atoms with E-state index in [1.165, 1.54) is 0 Å². The van der Waals surface area contributed by atoms with Crippen LogP contribution in [0.3, 0.4) is 0 Å². The molecule has 152 valence electrons. The van der Waals surface area contributed by atoms with Crippen LogP contribution in [-0.4, -0.2) is 48.0 Å². The van der Waals surface area contributed by atoms with Crippen molar-refractivity contribution < 1.29 is 14.4 Å². The Hall–Kier alpha value is -2.79. The van der Waals surface area contributed by atoms with Crippen LogP contribution in [0.15, 0.2) is 42.5 Å². The van der Waals surface area contributed by atoms with Crippen LogP contribution in [0.2, 0.25) is 0 Å². The predicted octanol–water partition coefficient (Wildman–Crippen LogP) is 3.70. The first kappa shape index (κ1) is 20.9. The van der Waals surface area contributed by atoms with E-state index in [-0.39, 0.29) is 23.5 Å². The molecule has 0 bridgehead atoms. The van der Waals surface area contributed by atoms with Crippen molar-refractivity contribution in [3.8, 4) is 0 Å². The van der Waals surface area contributed by atoms with Crippen LogP contribution in [0, 0.1) is 0 Å². The minimum absolute atomic E-state index is 0.0344. The lowest BCUT2D eigenvalue weighted by Crippen LogP contribution is -2.34. The number of nitrogens with one attached hydrogen (secondary N) is 1. The molecule has 0 aliphatic heterocycles. The van der Waals surface area contributed by atoms with Gasteiger partial charge < -0.3 is 10.2 Å². The molecule has 0 heterocycles. The fourth-order valence-electron chi connectivity index (χ4n) is 3.78. The molecule has 0 saturated heterocycles. The molecule has 1 N–H and O–H groups in total. The first-order valence-corrected chi connectivity index (χ1v) is 10.3. The maximum absolute atomic E-state index is 12.8. The maximum atomic E-state index is 12.8. The van der Waals surface area contributed by atoms with Gasteiger partial charge in [0.2, 0.25) is 0 Å². The third-order valence-corrected chi connectivity index (χ3v) is 5.57. The summed E-state index contributed by atoms with van der Waals surface area (Å²) in [6, 6.07) is 11.6. The second-order valence-corrected chi connectivity index (χ2v) is 7.51. The van der Waals surface area contributed by atoms with Crippen molar-refractivity contribution in [3.63, 3.8) is 0 Å². The van der Waals surface area contributed by atoms with Crippen molar-refractivity contribution in [2.24, 2.45) is 0 Å². The summed E-state index contributed by atoms with van der Waals surface area (Å²) < 4.78 is 0. The van der Waals surface area contributed by atoms with Gasteiger partial charge >= 0.3 is 0 Å². The van der Waals surface area contributed by atoms with Crippen LogP contribution >= 0.6 is 0 Å². The van der Waals surface area contributed by atoms with Crippen molar-refractivity contribution in [2.45, 2.75) is 39.7 Å². The molecule has 1 aliphatic carbocycles. The van der Waals surface area contributed by atoms with Gasteiger partial charge in [0.05, 0.1) is 0 Å². The Bertz CT molecular complexity index is 931. The molecule has 0 unspecified atom stereocenters. The van der Waals surface area contributed by atoms with Crippen molar-refractivity contribution in [1.29, 1.82) is 0 Å². The van der Waals surface area contributed by atoms with Gasteiger partial charge in [-0.15, -0.1) is 0 Å². The topological polar surface area (TPSA) is 66.5 Å². The normalized spacial score (nSPS) is 13.8. The van der Waals surface area contributed by atoms with E-state index in [2.05, 4.69) is 24.1 Å². The van der Waals surface area contributed by atoms with E-state index in [0.717, 1.165) is 32.5 Å². The Labute approximate surface area is 172 Å². The van der Waals surface area contributed by atoms with Crippen molar-refractivity contribution in [2.75, 3.05) is 19.6 Å². The zero-order valence-electron chi connectivity index (χ0n) is 17.3. The van der Waals surface area contributed by atoms with Gasteiger partial charge in [-0.1, -0.05) is 38.1 Å². The van der Waals surface area contributed by atoms with Crippen LogP contribution in [0.25, 0.3) is 0 Å². The molecule has 0 saturated carbocycles. The third kappa shape index (κ3) is 4.46. The SMILES string of the molecule is CCN(CC)CCC[C@@H](C)NC(=O)c1ccc2c(c1)C(=O)c1ccccc1C2=O. The second kappa shape index (κ2) is 9.14. The first-order valence-electron chi connectivity index (χ1n) is 10.3. The molecule has 0 fully saturated rings. The van der Waals surface area contributed by atoms with E-state index in [9.17, 15) is 14.4 Å². The highest BCUT2D eigenvalue weighted by atomic mass is 16.2. The average molecular weight is 392 g/mol. The molecule has 1 amide bonds. The quantitative estimate of drug-likeness (QED) is 0.635. The van der Waals surface area contributed by atoms with Crippen molar-refractivity contribution in [1.82, 2.24) is 10.2 Å². The zero-order chi connectivity index (χ0) is 21.0. The molecule has 5 heteroatoms. The predicted molar refractivity (Wildman–Crippen MR) is 114 cm³/mol. The van der Waals surface area contributed by atoms with Gasteiger partial charge in [-0.25, -0.2) is 0 Å². The molecule has 2 aromatic rings. The fourth-order valence-corrected chi connectivity index (χ4v) is 3.78. The number of benzene rings is 2. The fraction of sp³-hybridized carbons (Fsp3) is 0.375. The molecule has 29 heavy (non-hydrogen) atoms. The van der Waals surface area contributed by atoms with Gasteiger partial charge in [-0.3, -0.25) is 14.4 Å². The summed E-state index contributed by atoms with van der Waals surface area (Å²) in [7, 11) is 0. The summed E-state index contributed by atoms with van der Waals surface area (Å²) in [4.78, 5) is 40.5. The van der Waals surface area contributed by atoms with Gasteiger partial charge in [0, 0.05) is 33.9 Å². The number of carbonyl (C=O) groups excluding carboxylic acids is 3. The average Bonchev–Trinajstić information content (AvgIpc) is 2.74. The highest BCUT2D eigenvalue weighted by Crippen LogP contribution is 2.27. The highest BCUT2D eigenvalue weighted by molar-refractivity contribution is 6.28. The molecule has 2 aromatic carbocycles. The second-order valence-electron chi connectivity index (χ2n) is 7.51. The number of ketones is 2. The molecule has 1 aliphatic rings. The monoisotopic (exact) mass is 392 g/mol. The summed E-state index contributed by atoms with van der Waals surface area (Å²) in [6.07, 6.45) is 1.90. The summed E-state index contributed by atoms with van der Waals surface area (Å²) in [5.41, 5.74) is 1.88. The molecule has 1 atom stereocenters. The number of hydrogen-bond donors (Lipinski definition) is 1. The Morgan fingerprint density at radius 2 is 1.52 bits per heavy atom. The Kier molecular flexibility index (Phi) is 6.60. The lowest BCUT2D eigenvalue weighted by Gasteiger charge is -2.20. The number of nitrogens with zero attached hydrogens (tertiary/aromatic N) is 1. The zero-order valence-corrected chi connectivity index (χ0v) is 17.3. The van der Waals surface area contributed by atoms with Crippen molar-refractivity contribution >= 4 is 17.5 Å². The molecule has 5 nitrogen and oxygen atoms in total. The van der Waals surface area contributed by atoms with Gasteiger partial charge in [-0.2, -0.15) is 0 Å². The lowest BCUT2D eigenvalue weighted by molar-refractivity contribution is 0.0935. The molecule has 3 rings (SSSR count). The van der Waals surface area contributed by atoms with Gasteiger partial charge in [0.15, 0.2) is 11.6 Å². The lowest BCUT2D eigenvalue weighted by atomic mass is 9.83. The molecule has 0 aromatic heterocycles. The van der Waals surface area contributed by atoms with E-state index >= 15 is 0 Å². The first-order chi connectivity index (χ1) is 14.0. The van der Waals surface area contributed by atoms with Crippen LogP contribution < -0.4 is 5.32 Å². The molecule has 0 spiro atoms. The van der Waals surface area contributed by atoms with Gasteiger partial charge in [0.25, 0.3) is 5.91 Å². The van der Waals surface area contributed by atoms with E-state index in [1.54, 1.807) is 42.5 Å². The Morgan fingerprint density at radius 1 is 0.931 bits per heavy atom. The number of rotatable bonds is 8. The van der Waals surface area contributed by atoms with Crippen LogP contribution in [-0.2, 0) is 0 Å². The van der Waals surface area contributed by atoms with Gasteiger partial charge in [0.1, 0.15) is 0 Å². The summed E-state index contributed by atoms with van der Waals surface area (Å²) >= 11 is 0. The summed E-state index contributed by atoms with van der Waals surface area (Å²) in [5, 5.41) is 3.00. The minimum Gasteiger partial charge on any atom is -0.350 e. The maximum Gasteiger partial charge on any atom is 0.251 e. The van der Waals surface area contributed by atoms with Gasteiger partial charge in [-0.05, 0) is 57.6 Å². The van der Waals surface area contributed by atoms with E-state index in [1.807, 2.05) is 6.92 Å². The molecular formula is C24H28N2O3. The van der Waals surface area contributed by atoms with E-state index < -0.39 is 0 Å². The van der Waals surface area contributed by atoms with E-state index in [0.29, 0.717) is 27.8 Å². The largest absolute Gasteiger partial charge is 0.350 e. The number of amides is 1. The standard InChI is InChI=1S/C24H28N2O3/c1-4-26(5-2)14-8-9-16(3)25-24(29)17-12-13-20-21(15-17)23(28)19-11-7-6-10-18(19)22(20)27/h6-7,10-13,15-16H,4-5,8-9,14H2,1-3H3,(H,25,29)/t16-/m1/s1. The number of fused-ring (bicyclic) bond motifs is 2. The highest BCUT2D eigenvalue weighted by Gasteiger charge is 2.30. The summed E-state index contributed by atoms with van der Waals surface area (Å²) in [5.74, 6) is -0.605. The molecule has 0 radical (unpaired) electrons. The number of carbonyl (C=O) groups is 3. The van der Waals surface area contributed by atoms with Crippen LogP contribution in [0.4, 0.5) is 0 Å². The Morgan fingerprint density at radius 3 is 2.14 bits per heavy atom. The number of hydrogen-bond acceptors (Lipinski definition) is 4. The smallest absolute Gasteiger partial charge is 0.251 e. The van der Waals surface area contributed by atoms with Crippen molar-refractivity contribution in [3.05, 3.63) is 70.3 Å². The molecular weight excluding hydrogens is 364 g/mol. The minimum atomic E-state index is -0.220. The summed E-state index contributed by atoms with van der Waals surface area (Å²) in [6.45, 7) is 9.36. The van der Waals surface area contributed by atoms with Crippen LogP contribution in [0.1, 0.15) is 75.8 Å².